The molecule has 1 saturated heterocycles. The highest BCUT2D eigenvalue weighted by atomic mass is 35.5. The molecule has 2 aromatic rings. The van der Waals surface area contributed by atoms with Crippen LogP contribution in [-0.2, 0) is 4.79 Å². The molecular weight excluding hydrogens is 325 g/mol. The lowest BCUT2D eigenvalue weighted by atomic mass is 10.3. The summed E-state index contributed by atoms with van der Waals surface area (Å²) in [5.74, 6) is -0.0716. The van der Waals surface area contributed by atoms with Crippen molar-refractivity contribution in [3.05, 3.63) is 40.6 Å². The Kier molecular flexibility index (Phi) is 4.61. The van der Waals surface area contributed by atoms with Gasteiger partial charge < -0.3 is 5.32 Å². The minimum Gasteiger partial charge on any atom is -0.325 e. The molecule has 1 aromatic heterocycles. The van der Waals surface area contributed by atoms with Crippen molar-refractivity contribution in [2.75, 3.05) is 25.0 Å². The summed E-state index contributed by atoms with van der Waals surface area (Å²) in [7, 11) is 0. The number of carbonyl (C=O) groups is 1. The van der Waals surface area contributed by atoms with Crippen LogP contribution in [0.1, 0.15) is 12.5 Å². The van der Waals surface area contributed by atoms with Gasteiger partial charge in [0.25, 0.3) is 0 Å². The lowest BCUT2D eigenvalue weighted by molar-refractivity contribution is -0.117. The molecular formula is C14H15Cl2N5O. The third-order valence-corrected chi connectivity index (χ3v) is 4.37. The van der Waals surface area contributed by atoms with Crippen LogP contribution in [0.5, 0.6) is 0 Å². The minimum absolute atomic E-state index is 0.0716. The Morgan fingerprint density at radius 2 is 2.23 bits per heavy atom. The smallest absolute Gasteiger partial charge is 0.238 e. The number of halogens is 2. The zero-order chi connectivity index (χ0) is 15.5. The van der Waals surface area contributed by atoms with Crippen LogP contribution in [0.4, 0.5) is 5.69 Å². The van der Waals surface area contributed by atoms with Crippen LogP contribution < -0.4 is 5.32 Å². The molecule has 2 heterocycles. The lowest BCUT2D eigenvalue weighted by Crippen LogP contribution is -2.31. The highest BCUT2D eigenvalue weighted by Gasteiger charge is 2.25. The molecule has 1 N–H and O–H groups in total. The molecule has 22 heavy (non-hydrogen) atoms. The lowest BCUT2D eigenvalue weighted by Gasteiger charge is -2.15. The van der Waals surface area contributed by atoms with Crippen molar-refractivity contribution < 1.29 is 4.79 Å². The van der Waals surface area contributed by atoms with E-state index in [2.05, 4.69) is 20.5 Å². The largest absolute Gasteiger partial charge is 0.325 e. The maximum Gasteiger partial charge on any atom is 0.238 e. The summed E-state index contributed by atoms with van der Waals surface area (Å²) < 4.78 is 1.84. The molecule has 1 amide bonds. The topological polar surface area (TPSA) is 63.1 Å². The molecule has 0 saturated carbocycles. The summed E-state index contributed by atoms with van der Waals surface area (Å²) >= 11 is 11.8. The predicted octanol–water partition coefficient (Wildman–Crippen LogP) is 2.47. The Morgan fingerprint density at radius 3 is 2.95 bits per heavy atom. The van der Waals surface area contributed by atoms with Crippen LogP contribution in [0, 0.1) is 0 Å². The van der Waals surface area contributed by atoms with E-state index in [9.17, 15) is 4.79 Å². The van der Waals surface area contributed by atoms with Gasteiger partial charge in [0.15, 0.2) is 0 Å². The average Bonchev–Trinajstić information content (AvgIpc) is 3.13. The molecule has 3 rings (SSSR count). The predicted molar refractivity (Wildman–Crippen MR) is 85.2 cm³/mol. The number of carbonyl (C=O) groups excluding carboxylic acids is 1. The molecule has 0 radical (unpaired) electrons. The summed E-state index contributed by atoms with van der Waals surface area (Å²) in [5.41, 5.74) is 0.645. The van der Waals surface area contributed by atoms with E-state index in [0.717, 1.165) is 19.5 Å². The Labute approximate surface area is 138 Å². The number of anilines is 1. The van der Waals surface area contributed by atoms with Crippen molar-refractivity contribution >= 4 is 34.8 Å². The number of amides is 1. The number of benzene rings is 1. The first-order chi connectivity index (χ1) is 10.6. The van der Waals surface area contributed by atoms with Crippen molar-refractivity contribution in [1.29, 1.82) is 0 Å². The van der Waals surface area contributed by atoms with Gasteiger partial charge in [0.1, 0.15) is 0 Å². The molecule has 0 spiro atoms. The van der Waals surface area contributed by atoms with Crippen LogP contribution in [0.2, 0.25) is 10.0 Å². The monoisotopic (exact) mass is 339 g/mol. The number of hydrogen-bond acceptors (Lipinski definition) is 4. The van der Waals surface area contributed by atoms with E-state index < -0.39 is 0 Å². The minimum atomic E-state index is -0.0716. The molecule has 1 unspecified atom stereocenters. The molecule has 1 aliphatic heterocycles. The van der Waals surface area contributed by atoms with E-state index in [1.165, 1.54) is 0 Å². The van der Waals surface area contributed by atoms with Crippen molar-refractivity contribution in [2.24, 2.45) is 0 Å². The van der Waals surface area contributed by atoms with E-state index in [-0.39, 0.29) is 11.9 Å². The van der Waals surface area contributed by atoms with Gasteiger partial charge in [-0.15, -0.1) is 5.10 Å². The highest BCUT2D eigenvalue weighted by Crippen LogP contribution is 2.25. The number of likely N-dealkylation sites (tertiary alicyclic amines) is 1. The van der Waals surface area contributed by atoms with Crippen molar-refractivity contribution in [3.8, 4) is 0 Å². The van der Waals surface area contributed by atoms with Crippen LogP contribution >= 0.6 is 23.2 Å². The van der Waals surface area contributed by atoms with E-state index in [1.807, 2.05) is 10.9 Å². The van der Waals surface area contributed by atoms with Crippen molar-refractivity contribution in [1.82, 2.24) is 19.9 Å². The maximum atomic E-state index is 12.1. The second-order valence-electron chi connectivity index (χ2n) is 5.24. The molecule has 0 aliphatic carbocycles. The van der Waals surface area contributed by atoms with Gasteiger partial charge in [-0.25, -0.2) is 4.68 Å². The third kappa shape index (κ3) is 3.58. The molecule has 1 aliphatic rings. The Balaban J connectivity index is 1.53. The van der Waals surface area contributed by atoms with Gasteiger partial charge in [0, 0.05) is 25.0 Å². The van der Waals surface area contributed by atoms with Gasteiger partial charge in [-0.3, -0.25) is 9.69 Å². The Bertz CT molecular complexity index is 661. The number of nitrogens with zero attached hydrogens (tertiary/aromatic N) is 4. The SMILES string of the molecule is O=C(CN1CCC(n2ccnn2)C1)Nc1ccc(Cl)c(Cl)c1. The fraction of sp³-hybridized carbons (Fsp3) is 0.357. The number of rotatable bonds is 4. The van der Waals surface area contributed by atoms with E-state index in [0.29, 0.717) is 22.3 Å². The van der Waals surface area contributed by atoms with Gasteiger partial charge in [-0.05, 0) is 24.6 Å². The van der Waals surface area contributed by atoms with E-state index >= 15 is 0 Å². The summed E-state index contributed by atoms with van der Waals surface area (Å²) in [6, 6.07) is 5.31. The maximum absolute atomic E-state index is 12.1. The van der Waals surface area contributed by atoms with Gasteiger partial charge >= 0.3 is 0 Å². The second kappa shape index (κ2) is 6.64. The Hall–Kier alpha value is -1.63. The molecule has 1 fully saturated rings. The fourth-order valence-corrected chi connectivity index (χ4v) is 2.86. The first-order valence-electron chi connectivity index (χ1n) is 6.95. The van der Waals surface area contributed by atoms with Crippen LogP contribution in [0.15, 0.2) is 30.6 Å². The normalized spacial score (nSPS) is 18.5. The number of aromatic nitrogens is 3. The standard InChI is InChI=1S/C14H15Cl2N5O/c15-12-2-1-10(7-13(12)16)18-14(22)9-20-5-3-11(8-20)21-6-4-17-19-21/h1-2,4,6-7,11H,3,5,8-9H2,(H,18,22). The Morgan fingerprint density at radius 1 is 1.36 bits per heavy atom. The summed E-state index contributed by atoms with van der Waals surface area (Å²) in [6.07, 6.45) is 4.48. The first-order valence-corrected chi connectivity index (χ1v) is 7.70. The molecule has 0 bridgehead atoms. The fourth-order valence-electron chi connectivity index (χ4n) is 2.56. The zero-order valence-electron chi connectivity index (χ0n) is 11.7. The zero-order valence-corrected chi connectivity index (χ0v) is 13.3. The summed E-state index contributed by atoms with van der Waals surface area (Å²) in [6.45, 7) is 1.99. The number of nitrogens with one attached hydrogen (secondary N) is 1. The van der Waals surface area contributed by atoms with Gasteiger partial charge in [-0.1, -0.05) is 28.4 Å². The van der Waals surface area contributed by atoms with E-state index in [1.54, 1.807) is 24.4 Å². The quantitative estimate of drug-likeness (QED) is 0.929. The molecule has 8 heteroatoms. The van der Waals surface area contributed by atoms with Crippen LogP contribution in [0.25, 0.3) is 0 Å². The van der Waals surface area contributed by atoms with Gasteiger partial charge in [0.05, 0.1) is 28.8 Å². The third-order valence-electron chi connectivity index (χ3n) is 3.63. The van der Waals surface area contributed by atoms with Crippen LogP contribution in [0.3, 0.4) is 0 Å². The second-order valence-corrected chi connectivity index (χ2v) is 6.05. The first kappa shape index (κ1) is 15.3. The van der Waals surface area contributed by atoms with Crippen molar-refractivity contribution in [2.45, 2.75) is 12.5 Å². The van der Waals surface area contributed by atoms with Crippen molar-refractivity contribution in [3.63, 3.8) is 0 Å². The van der Waals surface area contributed by atoms with Crippen LogP contribution in [-0.4, -0.2) is 45.4 Å². The van der Waals surface area contributed by atoms with Gasteiger partial charge in [0.2, 0.25) is 5.91 Å². The summed E-state index contributed by atoms with van der Waals surface area (Å²) in [5, 5.41) is 11.5. The van der Waals surface area contributed by atoms with Gasteiger partial charge in [-0.2, -0.15) is 0 Å². The molecule has 116 valence electrons. The van der Waals surface area contributed by atoms with E-state index in [4.69, 9.17) is 23.2 Å². The molecule has 6 nitrogen and oxygen atoms in total. The average molecular weight is 340 g/mol. The molecule has 1 atom stereocenters. The number of hydrogen-bond donors (Lipinski definition) is 1. The highest BCUT2D eigenvalue weighted by molar-refractivity contribution is 6.42. The summed E-state index contributed by atoms with van der Waals surface area (Å²) in [4.78, 5) is 14.2. The molecule has 1 aromatic carbocycles.